The molecule has 1 aromatic carbocycles. The lowest BCUT2D eigenvalue weighted by molar-refractivity contribution is 0.429. The van der Waals surface area contributed by atoms with E-state index in [-0.39, 0.29) is 5.28 Å². The van der Waals surface area contributed by atoms with Gasteiger partial charge in [0.1, 0.15) is 0 Å². The third-order valence-corrected chi connectivity index (χ3v) is 2.69. The second kappa shape index (κ2) is 4.02. The van der Waals surface area contributed by atoms with E-state index in [0.29, 0.717) is 5.89 Å². The van der Waals surface area contributed by atoms with Gasteiger partial charge in [-0.15, -0.1) is 11.8 Å². The Balaban J connectivity index is 2.50. The minimum atomic E-state index is 0.135. The standard InChI is InChI=1S/C9H7ClN2OS/c1-14-7-5-3-2-4-6(7)8-11-9(10)12-13-8/h2-5H,1H3. The Kier molecular flexibility index (Phi) is 2.74. The zero-order valence-corrected chi connectivity index (χ0v) is 8.97. The fraction of sp³-hybridized carbons (Fsp3) is 0.111. The SMILES string of the molecule is CSc1ccccc1-c1nc(Cl)no1. The molecule has 0 radical (unpaired) electrons. The molecule has 0 saturated heterocycles. The molecule has 1 aromatic heterocycles. The van der Waals surface area contributed by atoms with Crippen molar-refractivity contribution in [2.75, 3.05) is 6.26 Å². The van der Waals surface area contributed by atoms with Gasteiger partial charge < -0.3 is 4.52 Å². The van der Waals surface area contributed by atoms with E-state index in [1.165, 1.54) is 0 Å². The van der Waals surface area contributed by atoms with Crippen molar-refractivity contribution < 1.29 is 4.52 Å². The molecule has 0 aliphatic rings. The van der Waals surface area contributed by atoms with Crippen molar-refractivity contribution in [2.45, 2.75) is 4.90 Å². The van der Waals surface area contributed by atoms with Gasteiger partial charge in [0.2, 0.25) is 0 Å². The number of thioether (sulfide) groups is 1. The van der Waals surface area contributed by atoms with Crippen LogP contribution in [0.1, 0.15) is 0 Å². The predicted molar refractivity (Wildman–Crippen MR) is 56.5 cm³/mol. The van der Waals surface area contributed by atoms with E-state index in [0.717, 1.165) is 10.5 Å². The van der Waals surface area contributed by atoms with Crippen LogP contribution in [0.4, 0.5) is 0 Å². The van der Waals surface area contributed by atoms with E-state index in [4.69, 9.17) is 16.1 Å². The zero-order valence-electron chi connectivity index (χ0n) is 7.40. The van der Waals surface area contributed by atoms with Crippen molar-refractivity contribution in [3.05, 3.63) is 29.5 Å². The number of rotatable bonds is 2. The Hall–Kier alpha value is -1.00. The van der Waals surface area contributed by atoms with Gasteiger partial charge in [-0.25, -0.2) is 0 Å². The summed E-state index contributed by atoms with van der Waals surface area (Å²) in [7, 11) is 0. The molecule has 0 unspecified atom stereocenters. The smallest absolute Gasteiger partial charge is 0.264 e. The first-order valence-electron chi connectivity index (χ1n) is 3.94. The second-order valence-electron chi connectivity index (χ2n) is 2.57. The number of hydrogen-bond donors (Lipinski definition) is 0. The van der Waals surface area contributed by atoms with Crippen LogP contribution >= 0.6 is 23.4 Å². The molecule has 0 atom stereocenters. The number of hydrogen-bond acceptors (Lipinski definition) is 4. The Bertz CT molecular complexity index is 444. The third kappa shape index (κ3) is 1.76. The van der Waals surface area contributed by atoms with Gasteiger partial charge in [-0.05, 0) is 35.1 Å². The largest absolute Gasteiger partial charge is 0.333 e. The molecule has 72 valence electrons. The van der Waals surface area contributed by atoms with Crippen molar-refractivity contribution in [2.24, 2.45) is 0 Å². The highest BCUT2D eigenvalue weighted by atomic mass is 35.5. The van der Waals surface area contributed by atoms with Crippen LogP contribution in [0, 0.1) is 0 Å². The predicted octanol–water partition coefficient (Wildman–Crippen LogP) is 3.11. The molecule has 3 nitrogen and oxygen atoms in total. The highest BCUT2D eigenvalue weighted by Crippen LogP contribution is 2.28. The lowest BCUT2D eigenvalue weighted by atomic mass is 10.2. The minimum absolute atomic E-state index is 0.135. The maximum atomic E-state index is 5.58. The quantitative estimate of drug-likeness (QED) is 0.738. The molecule has 0 spiro atoms. The van der Waals surface area contributed by atoms with Crippen LogP contribution in [-0.4, -0.2) is 16.4 Å². The summed E-state index contributed by atoms with van der Waals surface area (Å²) in [6, 6.07) is 7.81. The van der Waals surface area contributed by atoms with E-state index in [1.807, 2.05) is 30.5 Å². The first-order valence-corrected chi connectivity index (χ1v) is 5.54. The topological polar surface area (TPSA) is 38.9 Å². The summed E-state index contributed by atoms with van der Waals surface area (Å²) in [5.41, 5.74) is 0.916. The van der Waals surface area contributed by atoms with Crippen LogP contribution in [0.3, 0.4) is 0 Å². The van der Waals surface area contributed by atoms with Gasteiger partial charge in [-0.3, -0.25) is 0 Å². The van der Waals surface area contributed by atoms with Gasteiger partial charge in [0.15, 0.2) is 0 Å². The van der Waals surface area contributed by atoms with Crippen molar-refractivity contribution in [3.63, 3.8) is 0 Å². The van der Waals surface area contributed by atoms with E-state index >= 15 is 0 Å². The van der Waals surface area contributed by atoms with E-state index in [9.17, 15) is 0 Å². The summed E-state index contributed by atoms with van der Waals surface area (Å²) in [6.07, 6.45) is 2.00. The highest BCUT2D eigenvalue weighted by molar-refractivity contribution is 7.98. The van der Waals surface area contributed by atoms with Crippen molar-refractivity contribution in [1.82, 2.24) is 10.1 Å². The van der Waals surface area contributed by atoms with E-state index in [2.05, 4.69) is 10.1 Å². The molecule has 0 aliphatic heterocycles. The van der Waals surface area contributed by atoms with Crippen LogP contribution in [0.25, 0.3) is 11.5 Å². The van der Waals surface area contributed by atoms with Crippen molar-refractivity contribution >= 4 is 23.4 Å². The summed E-state index contributed by atoms with van der Waals surface area (Å²) in [4.78, 5) is 5.05. The molecule has 0 aliphatic carbocycles. The number of aromatic nitrogens is 2. The maximum absolute atomic E-state index is 5.58. The zero-order chi connectivity index (χ0) is 9.97. The fourth-order valence-electron chi connectivity index (χ4n) is 1.14. The van der Waals surface area contributed by atoms with Crippen LogP contribution in [0.5, 0.6) is 0 Å². The van der Waals surface area contributed by atoms with Crippen LogP contribution in [0.2, 0.25) is 5.28 Å². The van der Waals surface area contributed by atoms with Crippen molar-refractivity contribution in [3.8, 4) is 11.5 Å². The van der Waals surface area contributed by atoms with Crippen LogP contribution in [-0.2, 0) is 0 Å². The molecular weight excluding hydrogens is 220 g/mol. The summed E-state index contributed by atoms with van der Waals surface area (Å²) in [6.45, 7) is 0. The van der Waals surface area contributed by atoms with Gasteiger partial charge in [0.25, 0.3) is 11.2 Å². The fourth-order valence-corrected chi connectivity index (χ4v) is 1.84. The molecule has 2 rings (SSSR count). The number of halogens is 1. The lowest BCUT2D eigenvalue weighted by Crippen LogP contribution is -1.80. The Labute approximate surface area is 90.5 Å². The molecule has 14 heavy (non-hydrogen) atoms. The summed E-state index contributed by atoms with van der Waals surface area (Å²) in [5.74, 6) is 0.458. The van der Waals surface area contributed by atoms with Gasteiger partial charge in [0, 0.05) is 4.90 Å². The van der Waals surface area contributed by atoms with Gasteiger partial charge in [-0.2, -0.15) is 4.98 Å². The number of benzene rings is 1. The lowest BCUT2D eigenvalue weighted by Gasteiger charge is -2.00. The van der Waals surface area contributed by atoms with Crippen LogP contribution < -0.4 is 0 Å². The molecule has 0 N–H and O–H groups in total. The molecule has 0 bridgehead atoms. The van der Waals surface area contributed by atoms with Gasteiger partial charge in [0.05, 0.1) is 5.56 Å². The molecule has 0 saturated carbocycles. The molecule has 0 amide bonds. The summed E-state index contributed by atoms with van der Waals surface area (Å²) >= 11 is 7.21. The van der Waals surface area contributed by atoms with Gasteiger partial charge in [-0.1, -0.05) is 12.1 Å². The Morgan fingerprint density at radius 2 is 2.14 bits per heavy atom. The number of nitrogens with zero attached hydrogens (tertiary/aromatic N) is 2. The first kappa shape index (κ1) is 9.55. The normalized spacial score (nSPS) is 10.4. The van der Waals surface area contributed by atoms with Crippen LogP contribution in [0.15, 0.2) is 33.7 Å². The Morgan fingerprint density at radius 1 is 1.36 bits per heavy atom. The summed E-state index contributed by atoms with van der Waals surface area (Å²) in [5, 5.41) is 3.67. The second-order valence-corrected chi connectivity index (χ2v) is 3.75. The summed E-state index contributed by atoms with van der Waals surface area (Å²) < 4.78 is 4.99. The molecule has 0 fully saturated rings. The minimum Gasteiger partial charge on any atom is -0.333 e. The molecule has 2 aromatic rings. The highest BCUT2D eigenvalue weighted by Gasteiger charge is 2.10. The average Bonchev–Trinajstić information content (AvgIpc) is 2.65. The third-order valence-electron chi connectivity index (χ3n) is 1.74. The monoisotopic (exact) mass is 226 g/mol. The van der Waals surface area contributed by atoms with E-state index < -0.39 is 0 Å². The first-order chi connectivity index (χ1) is 6.81. The van der Waals surface area contributed by atoms with E-state index in [1.54, 1.807) is 11.8 Å². The average molecular weight is 227 g/mol. The molecular formula is C9H7ClN2OS. The maximum Gasteiger partial charge on any atom is 0.264 e. The molecule has 1 heterocycles. The molecule has 5 heteroatoms. The van der Waals surface area contributed by atoms with Crippen molar-refractivity contribution in [1.29, 1.82) is 0 Å². The van der Waals surface area contributed by atoms with Gasteiger partial charge >= 0.3 is 0 Å². The Morgan fingerprint density at radius 3 is 2.79 bits per heavy atom.